The average Bonchev–Trinajstić information content (AvgIpc) is 2.32. The van der Waals surface area contributed by atoms with Gasteiger partial charge in [0, 0.05) is 4.47 Å². The van der Waals surface area contributed by atoms with Crippen LogP contribution < -0.4 is 10.5 Å². The van der Waals surface area contributed by atoms with Crippen LogP contribution in [0.3, 0.4) is 0 Å². The normalized spacial score (nSPS) is 10.3. The molecule has 0 fully saturated rings. The Morgan fingerprint density at radius 3 is 2.63 bits per heavy atom. The minimum atomic E-state index is -0.446. The summed E-state index contributed by atoms with van der Waals surface area (Å²) in [6, 6.07) is 8.96. The maximum absolute atomic E-state index is 13.0. The summed E-state index contributed by atoms with van der Waals surface area (Å²) in [5.74, 6) is 0.0816. The van der Waals surface area contributed by atoms with Crippen molar-refractivity contribution in [1.29, 1.82) is 5.41 Å². The van der Waals surface area contributed by atoms with Crippen LogP contribution in [-0.4, -0.2) is 5.84 Å². The molecule has 0 saturated carbocycles. The van der Waals surface area contributed by atoms with Gasteiger partial charge in [-0.15, -0.1) is 0 Å². The van der Waals surface area contributed by atoms with Gasteiger partial charge < -0.3 is 10.5 Å². The van der Waals surface area contributed by atoms with Gasteiger partial charge in [-0.3, -0.25) is 5.41 Å². The first-order valence-electron chi connectivity index (χ1n) is 5.25. The average molecular weight is 344 g/mol. The Balaban J connectivity index is 2.44. The summed E-state index contributed by atoms with van der Waals surface area (Å²) in [5, 5.41) is 7.69. The molecule has 3 N–H and O–H groups in total. The van der Waals surface area contributed by atoms with Gasteiger partial charge >= 0.3 is 0 Å². The highest BCUT2D eigenvalue weighted by Crippen LogP contribution is 2.34. The summed E-state index contributed by atoms with van der Waals surface area (Å²) in [5.41, 5.74) is 5.93. The van der Waals surface area contributed by atoms with Crippen LogP contribution in [0.25, 0.3) is 0 Å². The number of nitrogens with one attached hydrogen (secondary N) is 1. The van der Waals surface area contributed by atoms with Gasteiger partial charge in [0.1, 0.15) is 23.2 Å². The molecule has 2 aromatic rings. The molecule has 0 saturated heterocycles. The van der Waals surface area contributed by atoms with E-state index in [1.165, 1.54) is 12.1 Å². The Morgan fingerprint density at radius 2 is 2.00 bits per heavy atom. The number of halogens is 3. The van der Waals surface area contributed by atoms with E-state index in [4.69, 9.17) is 27.5 Å². The Labute approximate surface area is 122 Å². The number of amidine groups is 1. The van der Waals surface area contributed by atoms with Gasteiger partial charge in [-0.05, 0) is 46.3 Å². The third kappa shape index (κ3) is 3.05. The number of rotatable bonds is 3. The van der Waals surface area contributed by atoms with E-state index in [0.29, 0.717) is 21.5 Å². The summed E-state index contributed by atoms with van der Waals surface area (Å²) in [4.78, 5) is 0. The summed E-state index contributed by atoms with van der Waals surface area (Å²) < 4.78 is 19.2. The molecular formula is C13H9BrClFN2O. The van der Waals surface area contributed by atoms with Crippen molar-refractivity contribution < 1.29 is 9.13 Å². The van der Waals surface area contributed by atoms with Gasteiger partial charge in [0.25, 0.3) is 0 Å². The van der Waals surface area contributed by atoms with Gasteiger partial charge in [-0.1, -0.05) is 17.7 Å². The van der Waals surface area contributed by atoms with Crippen LogP contribution in [0.5, 0.6) is 11.5 Å². The van der Waals surface area contributed by atoms with E-state index in [1.807, 2.05) is 0 Å². The largest absolute Gasteiger partial charge is 0.455 e. The molecule has 3 nitrogen and oxygen atoms in total. The SMILES string of the molecule is N=C(N)c1c(Br)cccc1Oc1ccc(F)cc1Cl. The zero-order valence-corrected chi connectivity index (χ0v) is 11.9. The second-order valence-corrected chi connectivity index (χ2v) is 4.96. The highest BCUT2D eigenvalue weighted by molar-refractivity contribution is 9.10. The minimum Gasteiger partial charge on any atom is -0.455 e. The number of benzene rings is 2. The molecule has 2 rings (SSSR count). The highest BCUT2D eigenvalue weighted by Gasteiger charge is 2.13. The van der Waals surface area contributed by atoms with Crippen molar-refractivity contribution in [2.75, 3.05) is 0 Å². The first-order chi connectivity index (χ1) is 8.99. The van der Waals surface area contributed by atoms with E-state index in [2.05, 4.69) is 15.9 Å². The van der Waals surface area contributed by atoms with E-state index < -0.39 is 5.82 Å². The van der Waals surface area contributed by atoms with E-state index in [0.717, 1.165) is 6.07 Å². The first-order valence-corrected chi connectivity index (χ1v) is 6.42. The maximum atomic E-state index is 13.0. The van der Waals surface area contributed by atoms with Gasteiger partial charge in [0.15, 0.2) is 0 Å². The lowest BCUT2D eigenvalue weighted by Gasteiger charge is -2.12. The minimum absolute atomic E-state index is 0.138. The molecule has 0 aromatic heterocycles. The van der Waals surface area contributed by atoms with Crippen molar-refractivity contribution in [1.82, 2.24) is 0 Å². The smallest absolute Gasteiger partial charge is 0.146 e. The van der Waals surface area contributed by atoms with E-state index in [-0.39, 0.29) is 10.9 Å². The molecule has 0 heterocycles. The predicted octanol–water partition coefficient (Wildman–Crippen LogP) is 4.32. The molecule has 0 radical (unpaired) electrons. The Hall–Kier alpha value is -1.59. The number of nitrogens with two attached hydrogens (primary N) is 1. The van der Waals surface area contributed by atoms with Crippen LogP contribution in [0.2, 0.25) is 5.02 Å². The zero-order chi connectivity index (χ0) is 14.0. The predicted molar refractivity (Wildman–Crippen MR) is 76.6 cm³/mol. The molecule has 2 aromatic carbocycles. The van der Waals surface area contributed by atoms with Crippen LogP contribution in [-0.2, 0) is 0 Å². The fourth-order valence-corrected chi connectivity index (χ4v) is 2.29. The summed E-state index contributed by atoms with van der Waals surface area (Å²) >= 11 is 9.19. The molecule has 0 aliphatic carbocycles. The van der Waals surface area contributed by atoms with Crippen LogP contribution in [0, 0.1) is 11.2 Å². The van der Waals surface area contributed by atoms with E-state index in [9.17, 15) is 4.39 Å². The molecule has 19 heavy (non-hydrogen) atoms. The van der Waals surface area contributed by atoms with Crippen molar-refractivity contribution in [3.05, 3.63) is 57.3 Å². The fourth-order valence-electron chi connectivity index (χ4n) is 1.53. The van der Waals surface area contributed by atoms with Crippen LogP contribution in [0.15, 0.2) is 40.9 Å². The molecular weight excluding hydrogens is 335 g/mol. The number of ether oxygens (including phenoxy) is 1. The summed E-state index contributed by atoms with van der Waals surface area (Å²) in [6.07, 6.45) is 0. The van der Waals surface area contributed by atoms with Crippen LogP contribution >= 0.6 is 27.5 Å². The molecule has 98 valence electrons. The lowest BCUT2D eigenvalue weighted by Crippen LogP contribution is -2.13. The monoisotopic (exact) mass is 342 g/mol. The van der Waals surface area contributed by atoms with Crippen molar-refractivity contribution in [2.24, 2.45) is 5.73 Å². The molecule has 0 amide bonds. The molecule has 0 aliphatic rings. The number of nitrogen functional groups attached to an aromatic ring is 1. The Morgan fingerprint density at radius 1 is 1.26 bits per heavy atom. The summed E-state index contributed by atoms with van der Waals surface area (Å²) in [7, 11) is 0. The lowest BCUT2D eigenvalue weighted by atomic mass is 10.2. The first kappa shape index (κ1) is 13.8. The molecule has 0 aliphatic heterocycles. The Kier molecular flexibility index (Phi) is 4.07. The molecule has 0 atom stereocenters. The third-order valence-electron chi connectivity index (χ3n) is 2.36. The van der Waals surface area contributed by atoms with Gasteiger partial charge in [0.2, 0.25) is 0 Å². The van der Waals surface area contributed by atoms with Gasteiger partial charge in [-0.2, -0.15) is 0 Å². The van der Waals surface area contributed by atoms with Crippen molar-refractivity contribution in [2.45, 2.75) is 0 Å². The second-order valence-electron chi connectivity index (χ2n) is 3.70. The fraction of sp³-hybridized carbons (Fsp3) is 0. The van der Waals surface area contributed by atoms with Crippen molar-refractivity contribution in [3.63, 3.8) is 0 Å². The van der Waals surface area contributed by atoms with E-state index >= 15 is 0 Å². The van der Waals surface area contributed by atoms with E-state index in [1.54, 1.807) is 18.2 Å². The standard InChI is InChI=1S/C13H9BrClFN2O/c14-8-2-1-3-11(12(8)13(17)18)19-10-5-4-7(16)6-9(10)15/h1-6H,(H3,17,18). The highest BCUT2D eigenvalue weighted by atomic mass is 79.9. The molecule has 6 heteroatoms. The van der Waals surface area contributed by atoms with Crippen LogP contribution in [0.1, 0.15) is 5.56 Å². The molecule has 0 spiro atoms. The zero-order valence-electron chi connectivity index (χ0n) is 9.58. The second kappa shape index (κ2) is 5.59. The quantitative estimate of drug-likeness (QED) is 0.644. The molecule has 0 bridgehead atoms. The third-order valence-corrected chi connectivity index (χ3v) is 3.31. The topological polar surface area (TPSA) is 59.1 Å². The summed E-state index contributed by atoms with van der Waals surface area (Å²) in [6.45, 7) is 0. The lowest BCUT2D eigenvalue weighted by molar-refractivity contribution is 0.479. The number of hydrogen-bond acceptors (Lipinski definition) is 2. The number of hydrogen-bond donors (Lipinski definition) is 2. The van der Waals surface area contributed by atoms with Crippen LogP contribution in [0.4, 0.5) is 4.39 Å². The van der Waals surface area contributed by atoms with Gasteiger partial charge in [0.05, 0.1) is 10.6 Å². The Bertz CT molecular complexity index is 649. The van der Waals surface area contributed by atoms with Gasteiger partial charge in [-0.25, -0.2) is 4.39 Å². The van der Waals surface area contributed by atoms with Crippen molar-refractivity contribution in [3.8, 4) is 11.5 Å². The maximum Gasteiger partial charge on any atom is 0.146 e. The molecule has 0 unspecified atom stereocenters. The van der Waals surface area contributed by atoms with Crippen molar-refractivity contribution >= 4 is 33.4 Å².